The molecule has 0 aliphatic heterocycles. The van der Waals surface area contributed by atoms with Crippen LogP contribution in [0.25, 0.3) is 0 Å². The number of hydrogen-bond donors (Lipinski definition) is 2. The summed E-state index contributed by atoms with van der Waals surface area (Å²) in [6, 6.07) is 4.94. The first-order valence-electron chi connectivity index (χ1n) is 6.15. The van der Waals surface area contributed by atoms with E-state index in [-0.39, 0.29) is 22.2 Å². The average molecular weight is 333 g/mol. The minimum atomic E-state index is -3.96. The third-order valence-electron chi connectivity index (χ3n) is 2.95. The molecule has 0 bridgehead atoms. The number of anilines is 1. The van der Waals surface area contributed by atoms with Crippen molar-refractivity contribution in [3.8, 4) is 0 Å². The van der Waals surface area contributed by atoms with Crippen LogP contribution in [0.4, 0.5) is 10.1 Å². The molecule has 21 heavy (non-hydrogen) atoms. The van der Waals surface area contributed by atoms with E-state index < -0.39 is 15.8 Å². The summed E-state index contributed by atoms with van der Waals surface area (Å²) in [4.78, 5) is -0.0484. The molecule has 0 atom stereocenters. The lowest BCUT2D eigenvalue weighted by atomic mass is 10.3. The van der Waals surface area contributed by atoms with Crippen LogP contribution in [0.1, 0.15) is 12.6 Å². The maximum absolute atomic E-state index is 13.6. The van der Waals surface area contributed by atoms with Gasteiger partial charge in [-0.3, -0.25) is 4.72 Å². The van der Waals surface area contributed by atoms with Crippen molar-refractivity contribution in [3.63, 3.8) is 0 Å². The Kier molecular flexibility index (Phi) is 4.55. The summed E-state index contributed by atoms with van der Waals surface area (Å²) in [6.45, 7) is 2.05. The monoisotopic (exact) mass is 332 g/mol. The number of nitrogens with one attached hydrogen (secondary N) is 1. The highest BCUT2D eigenvalue weighted by Gasteiger charge is 2.19. The maximum atomic E-state index is 13.6. The quantitative estimate of drug-likeness (QED) is 0.884. The Hall–Kier alpha value is -1.57. The van der Waals surface area contributed by atoms with E-state index in [0.29, 0.717) is 12.2 Å². The van der Waals surface area contributed by atoms with Gasteiger partial charge in [-0.25, -0.2) is 12.8 Å². The van der Waals surface area contributed by atoms with Crippen molar-refractivity contribution in [1.82, 2.24) is 4.57 Å². The van der Waals surface area contributed by atoms with Gasteiger partial charge in [0.15, 0.2) is 0 Å². The Balaban J connectivity index is 2.38. The molecular formula is C13H14ClFN2O3S. The molecule has 0 amide bonds. The van der Waals surface area contributed by atoms with Crippen molar-refractivity contribution in [3.05, 3.63) is 47.0 Å². The number of aliphatic hydroxyl groups is 1. The Morgan fingerprint density at radius 3 is 2.67 bits per heavy atom. The minimum absolute atomic E-state index is 0.0484. The second-order valence-electron chi connectivity index (χ2n) is 4.34. The van der Waals surface area contributed by atoms with Gasteiger partial charge >= 0.3 is 0 Å². The lowest BCUT2D eigenvalue weighted by molar-refractivity contribution is 0.271. The van der Waals surface area contributed by atoms with Gasteiger partial charge in [0.25, 0.3) is 10.0 Å². The fourth-order valence-corrected chi connectivity index (χ4v) is 3.17. The van der Waals surface area contributed by atoms with E-state index in [9.17, 15) is 17.9 Å². The van der Waals surface area contributed by atoms with E-state index in [1.165, 1.54) is 24.4 Å². The molecule has 1 aromatic carbocycles. The van der Waals surface area contributed by atoms with Gasteiger partial charge in [0.1, 0.15) is 10.7 Å². The summed E-state index contributed by atoms with van der Waals surface area (Å²) in [5.74, 6) is -0.722. The van der Waals surface area contributed by atoms with Gasteiger partial charge in [-0.15, -0.1) is 0 Å². The van der Waals surface area contributed by atoms with Crippen molar-refractivity contribution in [2.45, 2.75) is 25.0 Å². The van der Waals surface area contributed by atoms with E-state index in [2.05, 4.69) is 4.72 Å². The van der Waals surface area contributed by atoms with Gasteiger partial charge in [0.05, 0.1) is 12.3 Å². The Bertz CT molecular complexity index is 737. The zero-order valence-corrected chi connectivity index (χ0v) is 12.7. The molecule has 114 valence electrons. The minimum Gasteiger partial charge on any atom is -0.390 e. The molecule has 1 heterocycles. The highest BCUT2D eigenvalue weighted by Crippen LogP contribution is 2.24. The molecule has 0 radical (unpaired) electrons. The second-order valence-corrected chi connectivity index (χ2v) is 6.46. The van der Waals surface area contributed by atoms with Gasteiger partial charge in [0.2, 0.25) is 0 Å². The average Bonchev–Trinajstić information content (AvgIpc) is 2.86. The summed E-state index contributed by atoms with van der Waals surface area (Å²) in [7, 11) is -3.96. The number of aromatic nitrogens is 1. The molecular weight excluding hydrogens is 319 g/mol. The predicted octanol–water partition coefficient (Wildman–Crippen LogP) is 2.59. The second kappa shape index (κ2) is 6.05. The van der Waals surface area contributed by atoms with E-state index in [4.69, 9.17) is 11.6 Å². The van der Waals surface area contributed by atoms with E-state index in [0.717, 1.165) is 6.07 Å². The summed E-state index contributed by atoms with van der Waals surface area (Å²) in [5.41, 5.74) is 0.238. The highest BCUT2D eigenvalue weighted by atomic mass is 35.5. The number of halogens is 2. The number of rotatable bonds is 5. The van der Waals surface area contributed by atoms with Gasteiger partial charge in [-0.2, -0.15) is 0 Å². The number of hydrogen-bond acceptors (Lipinski definition) is 3. The van der Waals surface area contributed by atoms with Crippen LogP contribution < -0.4 is 4.72 Å². The standard InChI is InChI=1S/C13H14ClFN2O3S/c1-2-17-7-11(6-10(17)8-18)21(19,20)16-13-5-9(14)3-4-12(13)15/h3-7,16,18H,2,8H2,1H3. The largest absolute Gasteiger partial charge is 0.390 e. The summed E-state index contributed by atoms with van der Waals surface area (Å²) < 4.78 is 41.8. The zero-order valence-electron chi connectivity index (χ0n) is 11.2. The molecule has 0 aliphatic carbocycles. The van der Waals surface area contributed by atoms with Crippen LogP contribution in [0.2, 0.25) is 5.02 Å². The molecule has 1 aromatic heterocycles. The van der Waals surface area contributed by atoms with Crippen molar-refractivity contribution in [2.75, 3.05) is 4.72 Å². The fourth-order valence-electron chi connectivity index (χ4n) is 1.88. The number of aliphatic hydroxyl groups excluding tert-OH is 1. The number of nitrogens with zero attached hydrogens (tertiary/aromatic N) is 1. The first-order valence-corrected chi connectivity index (χ1v) is 8.01. The lowest BCUT2D eigenvalue weighted by Crippen LogP contribution is -2.13. The Morgan fingerprint density at radius 1 is 1.38 bits per heavy atom. The van der Waals surface area contributed by atoms with Gasteiger partial charge in [0, 0.05) is 23.5 Å². The maximum Gasteiger partial charge on any atom is 0.263 e. The van der Waals surface area contributed by atoms with Crippen LogP contribution in [0.5, 0.6) is 0 Å². The van der Waals surface area contributed by atoms with Crippen LogP contribution in [0.3, 0.4) is 0 Å². The number of sulfonamides is 1. The smallest absolute Gasteiger partial charge is 0.263 e. The lowest BCUT2D eigenvalue weighted by Gasteiger charge is -2.07. The Labute approximate surface area is 127 Å². The van der Waals surface area contributed by atoms with Crippen LogP contribution in [-0.2, 0) is 23.2 Å². The van der Waals surface area contributed by atoms with Gasteiger partial charge in [-0.05, 0) is 31.2 Å². The molecule has 0 aliphatic rings. The van der Waals surface area contributed by atoms with E-state index in [1.807, 2.05) is 6.92 Å². The van der Waals surface area contributed by atoms with Crippen LogP contribution >= 0.6 is 11.6 Å². The fraction of sp³-hybridized carbons (Fsp3) is 0.231. The molecule has 8 heteroatoms. The molecule has 0 fully saturated rings. The third-order valence-corrected chi connectivity index (χ3v) is 4.51. The summed E-state index contributed by atoms with van der Waals surface area (Å²) in [5, 5.41) is 9.40. The molecule has 2 rings (SSSR count). The predicted molar refractivity (Wildman–Crippen MR) is 78.2 cm³/mol. The zero-order chi connectivity index (χ0) is 15.6. The van der Waals surface area contributed by atoms with E-state index in [1.54, 1.807) is 4.57 Å². The SMILES string of the molecule is CCn1cc(S(=O)(=O)Nc2cc(Cl)ccc2F)cc1CO. The molecule has 0 saturated heterocycles. The van der Waals surface area contributed by atoms with E-state index >= 15 is 0 Å². The molecule has 2 aromatic rings. The van der Waals surface area contributed by atoms with Crippen molar-refractivity contribution < 1.29 is 17.9 Å². The van der Waals surface area contributed by atoms with Crippen molar-refractivity contribution in [1.29, 1.82) is 0 Å². The van der Waals surface area contributed by atoms with Crippen LogP contribution in [-0.4, -0.2) is 18.1 Å². The molecule has 0 unspecified atom stereocenters. The first-order chi connectivity index (χ1) is 9.87. The molecule has 0 spiro atoms. The van der Waals surface area contributed by atoms with Gasteiger partial charge in [-0.1, -0.05) is 11.6 Å². The number of benzene rings is 1. The van der Waals surface area contributed by atoms with Crippen molar-refractivity contribution in [2.24, 2.45) is 0 Å². The normalized spacial score (nSPS) is 11.6. The Morgan fingerprint density at radius 2 is 2.10 bits per heavy atom. The summed E-state index contributed by atoms with van der Waals surface area (Å²) >= 11 is 5.73. The number of aryl methyl sites for hydroxylation is 1. The molecule has 2 N–H and O–H groups in total. The highest BCUT2D eigenvalue weighted by molar-refractivity contribution is 7.92. The van der Waals surface area contributed by atoms with Crippen LogP contribution in [0, 0.1) is 5.82 Å². The summed E-state index contributed by atoms with van der Waals surface area (Å²) in [6.07, 6.45) is 1.39. The topological polar surface area (TPSA) is 71.3 Å². The van der Waals surface area contributed by atoms with Gasteiger partial charge < -0.3 is 9.67 Å². The van der Waals surface area contributed by atoms with Crippen molar-refractivity contribution >= 4 is 27.3 Å². The van der Waals surface area contributed by atoms with Crippen LogP contribution in [0.15, 0.2) is 35.4 Å². The molecule has 5 nitrogen and oxygen atoms in total. The third kappa shape index (κ3) is 3.37. The first kappa shape index (κ1) is 15.8. The molecule has 0 saturated carbocycles.